The van der Waals surface area contributed by atoms with E-state index in [1.165, 1.54) is 22.4 Å². The molecule has 3 nitrogen and oxygen atoms in total. The lowest BCUT2D eigenvalue weighted by Crippen LogP contribution is -2.06. The number of aryl methyl sites for hydroxylation is 3. The van der Waals surface area contributed by atoms with Crippen LogP contribution < -0.4 is 14.8 Å². The Bertz CT molecular complexity index is 680. The molecule has 0 atom stereocenters. The predicted octanol–water partition coefficient (Wildman–Crippen LogP) is 5.39. The molecular formula is C22H31NO2. The maximum atomic E-state index is 5.81. The van der Waals surface area contributed by atoms with Gasteiger partial charge in [-0.1, -0.05) is 37.6 Å². The van der Waals surface area contributed by atoms with Crippen LogP contribution in [0.4, 0.5) is 5.69 Å². The summed E-state index contributed by atoms with van der Waals surface area (Å²) in [5.41, 5.74) is 5.10. The second kappa shape index (κ2) is 9.36. The highest BCUT2D eigenvalue weighted by Gasteiger charge is 2.07. The third-order valence-corrected chi connectivity index (χ3v) is 4.14. The Kier molecular flexibility index (Phi) is 7.17. The third-order valence-electron chi connectivity index (χ3n) is 4.14. The zero-order chi connectivity index (χ0) is 18.2. The number of ether oxygens (including phenoxy) is 2. The Labute approximate surface area is 152 Å². The van der Waals surface area contributed by atoms with E-state index in [0.29, 0.717) is 12.5 Å². The normalized spacial score (nSPS) is 10.8. The molecule has 2 aromatic carbocycles. The van der Waals surface area contributed by atoms with Crippen LogP contribution in [0.15, 0.2) is 36.4 Å². The van der Waals surface area contributed by atoms with Gasteiger partial charge in [0.2, 0.25) is 0 Å². The molecule has 3 heteroatoms. The summed E-state index contributed by atoms with van der Waals surface area (Å²) in [6, 6.07) is 12.8. The Morgan fingerprint density at radius 1 is 1.00 bits per heavy atom. The monoisotopic (exact) mass is 341 g/mol. The van der Waals surface area contributed by atoms with E-state index >= 15 is 0 Å². The molecule has 0 aliphatic heterocycles. The first-order chi connectivity index (χ1) is 12.0. The minimum atomic E-state index is 0.501. The second-order valence-corrected chi connectivity index (χ2v) is 7.04. The molecular weight excluding hydrogens is 310 g/mol. The lowest BCUT2D eigenvalue weighted by atomic mass is 10.1. The molecule has 25 heavy (non-hydrogen) atoms. The van der Waals surface area contributed by atoms with Gasteiger partial charge in [0.1, 0.15) is 0 Å². The second-order valence-electron chi connectivity index (χ2n) is 7.04. The summed E-state index contributed by atoms with van der Waals surface area (Å²) in [6.45, 7) is 10.2. The molecule has 0 bridgehead atoms. The van der Waals surface area contributed by atoms with E-state index < -0.39 is 0 Å². The van der Waals surface area contributed by atoms with Crippen LogP contribution in [0, 0.1) is 19.8 Å². The molecule has 2 rings (SSSR count). The first-order valence-electron chi connectivity index (χ1n) is 9.10. The van der Waals surface area contributed by atoms with Crippen molar-refractivity contribution >= 4 is 5.69 Å². The molecule has 0 unspecified atom stereocenters. The number of hydrogen-bond donors (Lipinski definition) is 1. The smallest absolute Gasteiger partial charge is 0.161 e. The highest BCUT2D eigenvalue weighted by Crippen LogP contribution is 2.29. The maximum Gasteiger partial charge on any atom is 0.161 e. The Morgan fingerprint density at radius 3 is 2.48 bits per heavy atom. The standard InChI is InChI=1S/C22H31NO2/c1-16(2)15-25-21-11-9-19(14-22(21)24-5)7-6-12-23-20-10-8-17(3)13-18(20)4/h8-11,13-14,16,23H,6-7,12,15H2,1-5H3. The molecule has 0 fully saturated rings. The van der Waals surface area contributed by atoms with Gasteiger partial charge in [-0.05, 0) is 61.9 Å². The molecule has 0 aliphatic rings. The number of hydrogen-bond acceptors (Lipinski definition) is 3. The molecule has 0 aromatic heterocycles. The van der Waals surface area contributed by atoms with Crippen molar-refractivity contribution in [3.05, 3.63) is 53.1 Å². The summed E-state index contributed by atoms with van der Waals surface area (Å²) >= 11 is 0. The van der Waals surface area contributed by atoms with Gasteiger partial charge >= 0.3 is 0 Å². The fourth-order valence-corrected chi connectivity index (χ4v) is 2.77. The molecule has 2 aromatic rings. The van der Waals surface area contributed by atoms with Gasteiger partial charge in [0, 0.05) is 12.2 Å². The fraction of sp³-hybridized carbons (Fsp3) is 0.455. The van der Waals surface area contributed by atoms with Crippen molar-refractivity contribution in [1.82, 2.24) is 0 Å². The van der Waals surface area contributed by atoms with Gasteiger partial charge in [-0.15, -0.1) is 0 Å². The summed E-state index contributed by atoms with van der Waals surface area (Å²) in [5, 5.41) is 3.53. The number of rotatable bonds is 9. The van der Waals surface area contributed by atoms with Crippen LogP contribution in [0.1, 0.15) is 37.0 Å². The Morgan fingerprint density at radius 2 is 1.80 bits per heavy atom. The average molecular weight is 341 g/mol. The highest BCUT2D eigenvalue weighted by molar-refractivity contribution is 5.51. The van der Waals surface area contributed by atoms with Gasteiger partial charge in [-0.3, -0.25) is 0 Å². The van der Waals surface area contributed by atoms with Crippen molar-refractivity contribution in [1.29, 1.82) is 0 Å². The van der Waals surface area contributed by atoms with E-state index in [9.17, 15) is 0 Å². The first kappa shape index (κ1) is 19.2. The largest absolute Gasteiger partial charge is 0.493 e. The quantitative estimate of drug-likeness (QED) is 0.620. The third kappa shape index (κ3) is 6.00. The van der Waals surface area contributed by atoms with E-state index in [4.69, 9.17) is 9.47 Å². The zero-order valence-corrected chi connectivity index (χ0v) is 16.2. The molecule has 0 radical (unpaired) electrons. The van der Waals surface area contributed by atoms with Gasteiger partial charge in [-0.25, -0.2) is 0 Å². The lowest BCUT2D eigenvalue weighted by molar-refractivity contribution is 0.257. The van der Waals surface area contributed by atoms with Crippen molar-refractivity contribution in [2.45, 2.75) is 40.5 Å². The van der Waals surface area contributed by atoms with E-state index in [2.05, 4.69) is 63.3 Å². The molecule has 136 valence electrons. The van der Waals surface area contributed by atoms with Gasteiger partial charge in [0.15, 0.2) is 11.5 Å². The SMILES string of the molecule is COc1cc(CCCNc2ccc(C)cc2C)ccc1OCC(C)C. The molecule has 0 spiro atoms. The van der Waals surface area contributed by atoms with Crippen molar-refractivity contribution in [2.75, 3.05) is 25.6 Å². The van der Waals surface area contributed by atoms with E-state index in [1.54, 1.807) is 7.11 Å². The van der Waals surface area contributed by atoms with Crippen LogP contribution in [0.2, 0.25) is 0 Å². The number of anilines is 1. The number of benzene rings is 2. The lowest BCUT2D eigenvalue weighted by Gasteiger charge is -2.14. The van der Waals surface area contributed by atoms with Gasteiger partial charge in [0.25, 0.3) is 0 Å². The van der Waals surface area contributed by atoms with Gasteiger partial charge in [-0.2, -0.15) is 0 Å². The Balaban J connectivity index is 1.86. The van der Waals surface area contributed by atoms with Crippen molar-refractivity contribution in [3.8, 4) is 11.5 Å². The Hall–Kier alpha value is -2.16. The molecule has 0 heterocycles. The summed E-state index contributed by atoms with van der Waals surface area (Å²) < 4.78 is 11.3. The number of nitrogens with one attached hydrogen (secondary N) is 1. The van der Waals surface area contributed by atoms with Crippen LogP contribution >= 0.6 is 0 Å². The van der Waals surface area contributed by atoms with Crippen LogP contribution in [0.5, 0.6) is 11.5 Å². The zero-order valence-electron chi connectivity index (χ0n) is 16.2. The fourth-order valence-electron chi connectivity index (χ4n) is 2.77. The van der Waals surface area contributed by atoms with Crippen molar-refractivity contribution in [2.24, 2.45) is 5.92 Å². The predicted molar refractivity (Wildman–Crippen MR) is 106 cm³/mol. The molecule has 0 saturated heterocycles. The van der Waals surface area contributed by atoms with Crippen molar-refractivity contribution in [3.63, 3.8) is 0 Å². The van der Waals surface area contributed by atoms with E-state index in [0.717, 1.165) is 30.9 Å². The topological polar surface area (TPSA) is 30.5 Å². The van der Waals surface area contributed by atoms with Crippen LogP contribution in [0.25, 0.3) is 0 Å². The minimum Gasteiger partial charge on any atom is -0.493 e. The summed E-state index contributed by atoms with van der Waals surface area (Å²) in [4.78, 5) is 0. The van der Waals surface area contributed by atoms with E-state index in [1.807, 2.05) is 6.07 Å². The van der Waals surface area contributed by atoms with Crippen LogP contribution in [-0.4, -0.2) is 20.3 Å². The van der Waals surface area contributed by atoms with Crippen LogP contribution in [0.3, 0.4) is 0 Å². The maximum absolute atomic E-state index is 5.81. The molecule has 1 N–H and O–H groups in total. The van der Waals surface area contributed by atoms with Crippen molar-refractivity contribution < 1.29 is 9.47 Å². The van der Waals surface area contributed by atoms with Gasteiger partial charge < -0.3 is 14.8 Å². The molecule has 0 saturated carbocycles. The molecule has 0 aliphatic carbocycles. The summed E-state index contributed by atoms with van der Waals surface area (Å²) in [6.07, 6.45) is 2.08. The first-order valence-corrected chi connectivity index (χ1v) is 9.10. The van der Waals surface area contributed by atoms with Gasteiger partial charge in [0.05, 0.1) is 13.7 Å². The average Bonchev–Trinajstić information content (AvgIpc) is 2.58. The number of methoxy groups -OCH3 is 1. The highest BCUT2D eigenvalue weighted by atomic mass is 16.5. The minimum absolute atomic E-state index is 0.501. The van der Waals surface area contributed by atoms with Crippen LogP contribution in [-0.2, 0) is 6.42 Å². The summed E-state index contributed by atoms with van der Waals surface area (Å²) in [5.74, 6) is 2.15. The molecule has 0 amide bonds. The van der Waals surface area contributed by atoms with E-state index in [-0.39, 0.29) is 0 Å². The summed E-state index contributed by atoms with van der Waals surface area (Å²) in [7, 11) is 1.70.